The molecule has 29 heavy (non-hydrogen) atoms. The molecule has 3 heterocycles. The number of methoxy groups -OCH3 is 2. The fraction of sp³-hybridized carbons (Fsp3) is 0.190. The molecule has 0 saturated heterocycles. The number of anilines is 1. The average Bonchev–Trinajstić information content (AvgIpc) is 3.42. The van der Waals surface area contributed by atoms with Crippen LogP contribution >= 0.6 is 11.3 Å². The van der Waals surface area contributed by atoms with Crippen molar-refractivity contribution in [1.29, 1.82) is 0 Å². The van der Waals surface area contributed by atoms with E-state index in [0.29, 0.717) is 40.3 Å². The number of nitrogens with zero attached hydrogens (tertiary/aromatic N) is 3. The topological polar surface area (TPSA) is 78.3 Å². The van der Waals surface area contributed by atoms with E-state index in [4.69, 9.17) is 14.5 Å². The molecule has 1 N–H and O–H groups in total. The molecule has 0 unspecified atom stereocenters. The summed E-state index contributed by atoms with van der Waals surface area (Å²) >= 11 is 1.58. The molecule has 4 rings (SSSR count). The number of ether oxygens (including phenoxy) is 2. The molecule has 0 aliphatic rings. The van der Waals surface area contributed by atoms with E-state index in [2.05, 4.69) is 10.4 Å². The number of hydrogen-bond donors (Lipinski definition) is 1. The second-order valence-electron chi connectivity index (χ2n) is 6.29. The van der Waals surface area contributed by atoms with Crippen molar-refractivity contribution >= 4 is 34.0 Å². The Morgan fingerprint density at radius 3 is 2.55 bits per heavy atom. The molecule has 8 heteroatoms. The third-order valence-electron chi connectivity index (χ3n) is 4.54. The molecule has 0 fully saturated rings. The summed E-state index contributed by atoms with van der Waals surface area (Å²) in [6, 6.07) is 11.0. The van der Waals surface area contributed by atoms with Crippen LogP contribution in [0.1, 0.15) is 17.3 Å². The highest BCUT2D eigenvalue weighted by Crippen LogP contribution is 2.30. The maximum Gasteiger partial charge on any atom is 0.256 e. The van der Waals surface area contributed by atoms with Crippen LogP contribution in [0.5, 0.6) is 11.5 Å². The molecule has 4 aromatic rings. The molecule has 3 aromatic heterocycles. The lowest BCUT2D eigenvalue weighted by atomic mass is 10.1. The number of amides is 1. The predicted molar refractivity (Wildman–Crippen MR) is 114 cm³/mol. The predicted octanol–water partition coefficient (Wildman–Crippen LogP) is 4.45. The fourth-order valence-electron chi connectivity index (χ4n) is 3.10. The summed E-state index contributed by atoms with van der Waals surface area (Å²) in [5.41, 5.74) is 2.53. The van der Waals surface area contributed by atoms with Crippen LogP contribution < -0.4 is 14.8 Å². The van der Waals surface area contributed by atoms with Crippen LogP contribution in [-0.2, 0) is 6.54 Å². The number of thiophene rings is 1. The first kappa shape index (κ1) is 18.9. The summed E-state index contributed by atoms with van der Waals surface area (Å²) in [4.78, 5) is 18.9. The van der Waals surface area contributed by atoms with Crippen molar-refractivity contribution in [2.75, 3.05) is 19.5 Å². The van der Waals surface area contributed by atoms with Gasteiger partial charge in [0.2, 0.25) is 0 Å². The van der Waals surface area contributed by atoms with Gasteiger partial charge in [0, 0.05) is 30.4 Å². The Bertz CT molecular complexity index is 1150. The van der Waals surface area contributed by atoms with Crippen molar-refractivity contribution in [3.8, 4) is 22.1 Å². The molecular formula is C21H20N4O3S. The van der Waals surface area contributed by atoms with Crippen LogP contribution in [-0.4, -0.2) is 34.9 Å². The molecule has 1 aromatic carbocycles. The summed E-state index contributed by atoms with van der Waals surface area (Å²) in [5.74, 6) is 0.941. The van der Waals surface area contributed by atoms with Crippen LogP contribution in [0.2, 0.25) is 0 Å². The average molecular weight is 408 g/mol. The Balaban J connectivity index is 1.78. The monoisotopic (exact) mass is 408 g/mol. The van der Waals surface area contributed by atoms with E-state index in [1.807, 2.05) is 30.5 Å². The van der Waals surface area contributed by atoms with Gasteiger partial charge in [-0.2, -0.15) is 5.10 Å². The van der Waals surface area contributed by atoms with Gasteiger partial charge in [0.05, 0.1) is 41.9 Å². The normalized spacial score (nSPS) is 10.9. The van der Waals surface area contributed by atoms with Crippen LogP contribution in [0.4, 0.5) is 5.69 Å². The van der Waals surface area contributed by atoms with Crippen molar-refractivity contribution in [3.63, 3.8) is 0 Å². The first-order valence-corrected chi connectivity index (χ1v) is 9.95. The van der Waals surface area contributed by atoms with Crippen LogP contribution in [0.25, 0.3) is 21.6 Å². The number of pyridine rings is 1. The van der Waals surface area contributed by atoms with Crippen molar-refractivity contribution in [1.82, 2.24) is 14.8 Å². The number of aromatic nitrogens is 3. The minimum Gasteiger partial charge on any atom is -0.497 e. The maximum atomic E-state index is 13.2. The zero-order valence-electron chi connectivity index (χ0n) is 16.3. The first-order valence-electron chi connectivity index (χ1n) is 9.07. The van der Waals surface area contributed by atoms with Crippen LogP contribution in [0, 0.1) is 0 Å². The molecule has 0 saturated carbocycles. The Labute approximate surface area is 171 Å². The van der Waals surface area contributed by atoms with Crippen LogP contribution in [0.3, 0.4) is 0 Å². The molecular weight excluding hydrogens is 388 g/mol. The third-order valence-corrected chi connectivity index (χ3v) is 5.43. The van der Waals surface area contributed by atoms with E-state index >= 15 is 0 Å². The van der Waals surface area contributed by atoms with Gasteiger partial charge in [0.15, 0.2) is 5.65 Å². The second kappa shape index (κ2) is 7.92. The number of hydrogen-bond acceptors (Lipinski definition) is 6. The Kier molecular flexibility index (Phi) is 5.18. The van der Waals surface area contributed by atoms with E-state index in [1.165, 1.54) is 0 Å². The molecule has 148 valence electrons. The molecule has 7 nitrogen and oxygen atoms in total. The zero-order chi connectivity index (χ0) is 20.4. The molecule has 0 spiro atoms. The van der Waals surface area contributed by atoms with Crippen molar-refractivity contribution in [3.05, 3.63) is 53.5 Å². The van der Waals surface area contributed by atoms with Gasteiger partial charge in [-0.25, -0.2) is 9.67 Å². The highest BCUT2D eigenvalue weighted by Gasteiger charge is 2.18. The number of carbonyl (C=O) groups excluding carboxylic acids is 1. The maximum absolute atomic E-state index is 13.2. The number of nitrogens with one attached hydrogen (secondary N) is 1. The van der Waals surface area contributed by atoms with Crippen molar-refractivity contribution in [2.45, 2.75) is 13.5 Å². The third kappa shape index (κ3) is 3.66. The summed E-state index contributed by atoms with van der Waals surface area (Å²) in [7, 11) is 3.14. The first-order chi connectivity index (χ1) is 14.1. The molecule has 1 amide bonds. The number of aryl methyl sites for hydroxylation is 1. The van der Waals surface area contributed by atoms with Gasteiger partial charge >= 0.3 is 0 Å². The van der Waals surface area contributed by atoms with Gasteiger partial charge in [0.1, 0.15) is 11.5 Å². The van der Waals surface area contributed by atoms with Gasteiger partial charge in [-0.1, -0.05) is 6.07 Å². The summed E-state index contributed by atoms with van der Waals surface area (Å²) in [6.45, 7) is 2.66. The lowest BCUT2D eigenvalue weighted by Crippen LogP contribution is -2.13. The van der Waals surface area contributed by atoms with Crippen molar-refractivity contribution < 1.29 is 14.3 Å². The van der Waals surface area contributed by atoms with Gasteiger partial charge in [-0.05, 0) is 24.4 Å². The minimum absolute atomic E-state index is 0.249. The Morgan fingerprint density at radius 1 is 1.17 bits per heavy atom. The number of carbonyl (C=O) groups is 1. The highest BCUT2D eigenvalue weighted by molar-refractivity contribution is 7.13. The molecule has 0 atom stereocenters. The molecule has 0 bridgehead atoms. The lowest BCUT2D eigenvalue weighted by molar-refractivity contribution is 0.102. The van der Waals surface area contributed by atoms with Gasteiger partial charge in [0.25, 0.3) is 5.91 Å². The number of fused-ring (bicyclic) bond motifs is 1. The van der Waals surface area contributed by atoms with Gasteiger partial charge < -0.3 is 14.8 Å². The van der Waals surface area contributed by atoms with E-state index in [9.17, 15) is 4.79 Å². The minimum atomic E-state index is -0.249. The molecule has 0 aliphatic carbocycles. The Hall–Kier alpha value is -3.39. The molecule has 0 radical (unpaired) electrons. The van der Waals surface area contributed by atoms with E-state index in [-0.39, 0.29) is 5.91 Å². The SMILES string of the molecule is CCn1ncc2c(C(=O)Nc3cc(OC)cc(OC)c3)cc(-c3cccs3)nc21. The number of benzene rings is 1. The summed E-state index contributed by atoms with van der Waals surface area (Å²) in [5, 5.41) is 10.0. The second-order valence-corrected chi connectivity index (χ2v) is 7.23. The standard InChI is InChI=1S/C21H20N4O3S/c1-4-25-20-17(12-22-25)16(11-18(24-20)19-6-5-7-29-19)21(26)23-13-8-14(27-2)10-15(9-13)28-3/h5-12H,4H2,1-3H3,(H,23,26). The molecule has 0 aliphatic heterocycles. The summed E-state index contributed by atoms with van der Waals surface area (Å²) in [6.07, 6.45) is 1.69. The number of rotatable bonds is 6. The van der Waals surface area contributed by atoms with E-state index in [1.54, 1.807) is 54.6 Å². The smallest absolute Gasteiger partial charge is 0.256 e. The fourth-order valence-corrected chi connectivity index (χ4v) is 3.78. The van der Waals surface area contributed by atoms with E-state index in [0.717, 1.165) is 10.6 Å². The lowest BCUT2D eigenvalue weighted by Gasteiger charge is -2.11. The van der Waals surface area contributed by atoms with Gasteiger partial charge in [-0.15, -0.1) is 11.3 Å². The highest BCUT2D eigenvalue weighted by atomic mass is 32.1. The van der Waals surface area contributed by atoms with Crippen molar-refractivity contribution in [2.24, 2.45) is 0 Å². The summed E-state index contributed by atoms with van der Waals surface area (Å²) < 4.78 is 12.4. The largest absolute Gasteiger partial charge is 0.497 e. The Morgan fingerprint density at radius 2 is 1.93 bits per heavy atom. The zero-order valence-corrected chi connectivity index (χ0v) is 17.1. The van der Waals surface area contributed by atoms with E-state index < -0.39 is 0 Å². The van der Waals surface area contributed by atoms with Crippen LogP contribution in [0.15, 0.2) is 48.0 Å². The quantitative estimate of drug-likeness (QED) is 0.510. The van der Waals surface area contributed by atoms with Gasteiger partial charge in [-0.3, -0.25) is 4.79 Å².